The third-order valence-electron chi connectivity index (χ3n) is 5.81. The van der Waals surface area contributed by atoms with Gasteiger partial charge < -0.3 is 39.6 Å². The molecule has 0 saturated carbocycles. The van der Waals surface area contributed by atoms with Crippen molar-refractivity contribution in [2.75, 3.05) is 37.0 Å². The molecule has 0 radical (unpaired) electrons. The minimum atomic E-state index is -1.19. The molecule has 20 heteroatoms. The van der Waals surface area contributed by atoms with Crippen LogP contribution in [-0.2, 0) is 52.5 Å². The normalized spacial score (nSPS) is 12.3. The van der Waals surface area contributed by atoms with Crippen molar-refractivity contribution >= 4 is 137 Å². The molecule has 3 atom stereocenters. The fraction of sp³-hybridized carbons (Fsp3) is 0.517. The van der Waals surface area contributed by atoms with Gasteiger partial charge in [-0.3, -0.25) is 38.4 Å². The van der Waals surface area contributed by atoms with Crippen LogP contribution in [0.4, 0.5) is 5.69 Å². The number of halogens is 4. The standard InChI is InChI=1S/C29H35BrI3N3O13/c1-13(37)45-11-18(47-15(3)39)9-34-28(43)21-23(31)22(29(44)35-10-19(48-16(4)40)12-46-14(2)38)25(33)26(24(21)32)36-27(42)20(7-6-8-30)49-17(5)41/h18-20H,6-12H2,1-5H3,(H,34,43)(H,35,44)(H,36,42). The van der Waals surface area contributed by atoms with Gasteiger partial charge in [-0.05, 0) is 80.6 Å². The van der Waals surface area contributed by atoms with Gasteiger partial charge in [0.15, 0.2) is 18.3 Å². The van der Waals surface area contributed by atoms with Crippen molar-refractivity contribution in [3.63, 3.8) is 0 Å². The lowest BCUT2D eigenvalue weighted by molar-refractivity contribution is -0.155. The molecular weight excluding hydrogens is 1060 g/mol. The third-order valence-corrected chi connectivity index (χ3v) is 9.61. The number of alkyl halides is 1. The fourth-order valence-electron chi connectivity index (χ4n) is 3.83. The molecule has 0 spiro atoms. The second kappa shape index (κ2) is 22.5. The van der Waals surface area contributed by atoms with Gasteiger partial charge in [-0.25, -0.2) is 0 Å². The van der Waals surface area contributed by atoms with Crippen molar-refractivity contribution in [1.82, 2.24) is 10.6 Å². The van der Waals surface area contributed by atoms with E-state index in [1.807, 2.05) is 45.2 Å². The van der Waals surface area contributed by atoms with E-state index in [0.717, 1.165) is 20.8 Å². The number of amides is 3. The van der Waals surface area contributed by atoms with E-state index in [9.17, 15) is 38.4 Å². The number of esters is 5. The summed E-state index contributed by atoms with van der Waals surface area (Å²) in [5.41, 5.74) is -0.0278. The first kappa shape index (κ1) is 44.7. The molecule has 0 bridgehead atoms. The van der Waals surface area contributed by atoms with E-state index in [4.69, 9.17) is 23.7 Å². The molecule has 3 N–H and O–H groups in total. The van der Waals surface area contributed by atoms with Crippen LogP contribution in [0.2, 0.25) is 0 Å². The molecule has 1 aromatic rings. The largest absolute Gasteiger partial charge is 0.462 e. The van der Waals surface area contributed by atoms with E-state index in [0.29, 0.717) is 11.8 Å². The molecule has 0 aliphatic heterocycles. The molecule has 3 unspecified atom stereocenters. The van der Waals surface area contributed by atoms with Crippen LogP contribution >= 0.6 is 83.7 Å². The smallest absolute Gasteiger partial charge is 0.303 e. The Morgan fingerprint density at radius 3 is 1.39 bits per heavy atom. The SMILES string of the molecule is CC(=O)OCC(CNC(=O)c1c(I)c(NC(=O)C(CCCBr)OC(C)=O)c(I)c(C(=O)NCC(COC(C)=O)OC(C)=O)c1I)OC(C)=O. The molecular formula is C29H35BrI3N3O13. The minimum absolute atomic E-state index is 0.0444. The molecule has 0 aliphatic rings. The second-order valence-corrected chi connectivity index (χ2v) is 14.0. The Morgan fingerprint density at radius 2 is 1.04 bits per heavy atom. The summed E-state index contributed by atoms with van der Waals surface area (Å²) in [5.74, 6) is -5.50. The summed E-state index contributed by atoms with van der Waals surface area (Å²) in [4.78, 5) is 98.4. The number of rotatable bonds is 18. The summed E-state index contributed by atoms with van der Waals surface area (Å²) < 4.78 is 26.0. The highest BCUT2D eigenvalue weighted by molar-refractivity contribution is 14.1. The van der Waals surface area contributed by atoms with Crippen LogP contribution in [0.25, 0.3) is 0 Å². The van der Waals surface area contributed by atoms with Crippen LogP contribution in [0.5, 0.6) is 0 Å². The molecule has 1 aromatic carbocycles. The highest BCUT2D eigenvalue weighted by atomic mass is 127. The molecule has 0 aromatic heterocycles. The zero-order valence-corrected chi connectivity index (χ0v) is 35.1. The summed E-state index contributed by atoms with van der Waals surface area (Å²) in [5, 5.41) is 8.44. The average Bonchev–Trinajstić information content (AvgIpc) is 2.99. The molecule has 272 valence electrons. The molecule has 0 saturated heterocycles. The van der Waals surface area contributed by atoms with Crippen molar-refractivity contribution in [3.05, 3.63) is 21.8 Å². The van der Waals surface area contributed by atoms with Crippen LogP contribution in [0.1, 0.15) is 68.2 Å². The van der Waals surface area contributed by atoms with Crippen LogP contribution in [0.15, 0.2) is 0 Å². The monoisotopic (exact) mass is 1090 g/mol. The van der Waals surface area contributed by atoms with E-state index >= 15 is 0 Å². The van der Waals surface area contributed by atoms with Gasteiger partial charge in [0, 0.05) is 43.5 Å². The Labute approximate surface area is 331 Å². The van der Waals surface area contributed by atoms with Gasteiger partial charge in [-0.15, -0.1) is 0 Å². The highest BCUT2D eigenvalue weighted by Gasteiger charge is 2.31. The maximum absolute atomic E-state index is 13.7. The van der Waals surface area contributed by atoms with Crippen molar-refractivity contribution in [3.8, 4) is 0 Å². The van der Waals surface area contributed by atoms with Gasteiger partial charge in [0.1, 0.15) is 13.2 Å². The van der Waals surface area contributed by atoms with Crippen molar-refractivity contribution in [2.24, 2.45) is 0 Å². The van der Waals surface area contributed by atoms with Crippen LogP contribution in [-0.4, -0.2) is 97.5 Å². The predicted octanol–water partition coefficient (Wildman–Crippen LogP) is 2.99. The molecule has 0 heterocycles. The number of carbonyl (C=O) groups is 8. The Hall–Kier alpha value is -2.35. The van der Waals surface area contributed by atoms with Gasteiger partial charge in [0.05, 0.1) is 37.0 Å². The molecule has 0 fully saturated rings. The number of anilines is 1. The van der Waals surface area contributed by atoms with Crippen molar-refractivity contribution in [2.45, 2.75) is 65.8 Å². The Bertz CT molecular complexity index is 1360. The van der Waals surface area contributed by atoms with Crippen molar-refractivity contribution in [1.29, 1.82) is 0 Å². The quantitative estimate of drug-likeness (QED) is 0.0835. The number of hydrogen-bond donors (Lipinski definition) is 3. The van der Waals surface area contributed by atoms with E-state index < -0.39 is 65.9 Å². The van der Waals surface area contributed by atoms with Crippen molar-refractivity contribution < 1.29 is 62.0 Å². The highest BCUT2D eigenvalue weighted by Crippen LogP contribution is 2.36. The molecule has 3 amide bonds. The van der Waals surface area contributed by atoms with E-state index in [2.05, 4.69) is 31.9 Å². The summed E-state index contributed by atoms with van der Waals surface area (Å²) >= 11 is 8.74. The summed E-state index contributed by atoms with van der Waals surface area (Å²) in [6.07, 6.45) is -2.61. The second-order valence-electron chi connectivity index (χ2n) is 9.97. The third kappa shape index (κ3) is 16.0. The molecule has 0 aliphatic carbocycles. The van der Waals surface area contributed by atoms with Gasteiger partial charge in [0.2, 0.25) is 0 Å². The van der Waals surface area contributed by atoms with Crippen LogP contribution < -0.4 is 16.0 Å². The number of nitrogens with one attached hydrogen (secondary N) is 3. The Kier molecular flexibility index (Phi) is 20.5. The Balaban J connectivity index is 3.66. The van der Waals surface area contributed by atoms with Crippen LogP contribution in [0, 0.1) is 10.7 Å². The van der Waals surface area contributed by atoms with Gasteiger partial charge >= 0.3 is 29.8 Å². The minimum Gasteiger partial charge on any atom is -0.462 e. The van der Waals surface area contributed by atoms with Gasteiger partial charge in [-0.2, -0.15) is 0 Å². The lowest BCUT2D eigenvalue weighted by atomic mass is 10.1. The van der Waals surface area contributed by atoms with Gasteiger partial charge in [-0.1, -0.05) is 15.9 Å². The molecule has 1 rings (SSSR count). The maximum Gasteiger partial charge on any atom is 0.303 e. The zero-order chi connectivity index (χ0) is 37.4. The van der Waals surface area contributed by atoms with E-state index in [1.54, 1.807) is 22.6 Å². The summed E-state index contributed by atoms with van der Waals surface area (Å²) in [6.45, 7) is 4.54. The molecule has 49 heavy (non-hydrogen) atoms. The zero-order valence-electron chi connectivity index (χ0n) is 27.0. The summed E-state index contributed by atoms with van der Waals surface area (Å²) in [6, 6.07) is 0. The number of ether oxygens (including phenoxy) is 5. The number of hydrogen-bond acceptors (Lipinski definition) is 13. The average molecular weight is 1090 g/mol. The summed E-state index contributed by atoms with van der Waals surface area (Å²) in [7, 11) is 0. The first-order valence-corrected chi connectivity index (χ1v) is 18.7. The topological polar surface area (TPSA) is 219 Å². The van der Waals surface area contributed by atoms with Gasteiger partial charge in [0.25, 0.3) is 17.7 Å². The predicted molar refractivity (Wildman–Crippen MR) is 201 cm³/mol. The lowest BCUT2D eigenvalue weighted by Crippen LogP contribution is -2.40. The lowest BCUT2D eigenvalue weighted by Gasteiger charge is -2.23. The van der Waals surface area contributed by atoms with E-state index in [-0.39, 0.29) is 60.2 Å². The first-order valence-electron chi connectivity index (χ1n) is 14.3. The molecule has 16 nitrogen and oxygen atoms in total. The fourth-order valence-corrected chi connectivity index (χ4v) is 8.57. The first-order chi connectivity index (χ1) is 22.9. The number of carbonyl (C=O) groups excluding carboxylic acids is 8. The maximum atomic E-state index is 13.7. The Morgan fingerprint density at radius 1 is 0.633 bits per heavy atom. The number of benzene rings is 1. The van der Waals surface area contributed by atoms with Crippen LogP contribution in [0.3, 0.4) is 0 Å². The van der Waals surface area contributed by atoms with E-state index in [1.165, 1.54) is 13.8 Å².